The van der Waals surface area contributed by atoms with E-state index in [0.717, 1.165) is 43.5 Å². The zero-order valence-electron chi connectivity index (χ0n) is 9.81. The summed E-state index contributed by atoms with van der Waals surface area (Å²) in [6.45, 7) is 7.13. The van der Waals surface area contributed by atoms with Gasteiger partial charge in [-0.05, 0) is 13.8 Å². The molecule has 0 aromatic carbocycles. The molecule has 16 heavy (non-hydrogen) atoms. The number of aromatic nitrogens is 2. The fourth-order valence-corrected chi connectivity index (χ4v) is 1.83. The monoisotopic (exact) mass is 222 g/mol. The first-order chi connectivity index (χ1) is 7.68. The van der Waals surface area contributed by atoms with Crippen molar-refractivity contribution in [2.75, 3.05) is 31.2 Å². The molecule has 1 fully saturated rings. The summed E-state index contributed by atoms with van der Waals surface area (Å²) in [6.07, 6.45) is 1.83. The molecule has 1 saturated heterocycles. The molecule has 1 aromatic heterocycles. The van der Waals surface area contributed by atoms with Crippen LogP contribution < -0.4 is 10.6 Å². The Bertz CT molecular complexity index is 361. The predicted octanol–water partition coefficient (Wildman–Crippen LogP) is 0.641. The fraction of sp³-hybridized carbons (Fsp3) is 0.636. The number of ether oxygens (including phenoxy) is 1. The molecule has 5 heteroatoms. The highest BCUT2D eigenvalue weighted by atomic mass is 16.5. The Morgan fingerprint density at radius 1 is 1.44 bits per heavy atom. The largest absolute Gasteiger partial charge is 0.378 e. The molecule has 1 aliphatic heterocycles. The maximum absolute atomic E-state index is 5.83. The van der Waals surface area contributed by atoms with Gasteiger partial charge in [-0.15, -0.1) is 0 Å². The molecule has 0 radical (unpaired) electrons. The van der Waals surface area contributed by atoms with Crippen LogP contribution in [0, 0.1) is 6.92 Å². The van der Waals surface area contributed by atoms with E-state index in [-0.39, 0.29) is 6.04 Å². The molecule has 1 aromatic rings. The molecule has 0 spiro atoms. The third-order valence-electron chi connectivity index (χ3n) is 2.79. The zero-order chi connectivity index (χ0) is 11.5. The molecule has 1 atom stereocenters. The summed E-state index contributed by atoms with van der Waals surface area (Å²) in [6, 6.07) is -0.0151. The van der Waals surface area contributed by atoms with Crippen LogP contribution in [0.25, 0.3) is 0 Å². The maximum Gasteiger partial charge on any atom is 0.225 e. The second kappa shape index (κ2) is 4.76. The summed E-state index contributed by atoms with van der Waals surface area (Å²) in [5, 5.41) is 0. The Hall–Kier alpha value is -1.20. The van der Waals surface area contributed by atoms with Crippen molar-refractivity contribution in [2.24, 2.45) is 5.73 Å². The van der Waals surface area contributed by atoms with Gasteiger partial charge in [0.1, 0.15) is 0 Å². The van der Waals surface area contributed by atoms with Crippen LogP contribution in [-0.2, 0) is 4.74 Å². The molecular weight excluding hydrogens is 204 g/mol. The van der Waals surface area contributed by atoms with E-state index in [2.05, 4.69) is 14.9 Å². The van der Waals surface area contributed by atoms with Crippen molar-refractivity contribution in [3.63, 3.8) is 0 Å². The third-order valence-corrected chi connectivity index (χ3v) is 2.79. The van der Waals surface area contributed by atoms with Crippen LogP contribution >= 0.6 is 0 Å². The summed E-state index contributed by atoms with van der Waals surface area (Å²) in [5.41, 5.74) is 7.80. The SMILES string of the molecule is Cc1nc(N2CCOCC2)ncc1[C@H](C)N. The first kappa shape index (κ1) is 11.3. The van der Waals surface area contributed by atoms with E-state index in [1.54, 1.807) is 0 Å². The van der Waals surface area contributed by atoms with Crippen LogP contribution in [0.3, 0.4) is 0 Å². The number of aryl methyl sites for hydroxylation is 1. The van der Waals surface area contributed by atoms with Gasteiger partial charge in [-0.25, -0.2) is 9.97 Å². The minimum atomic E-state index is -0.0151. The second-order valence-corrected chi connectivity index (χ2v) is 4.10. The van der Waals surface area contributed by atoms with Gasteiger partial charge >= 0.3 is 0 Å². The van der Waals surface area contributed by atoms with Crippen molar-refractivity contribution < 1.29 is 4.74 Å². The topological polar surface area (TPSA) is 64.3 Å². The first-order valence-electron chi connectivity index (χ1n) is 5.60. The van der Waals surface area contributed by atoms with Crippen molar-refractivity contribution >= 4 is 5.95 Å². The fourth-order valence-electron chi connectivity index (χ4n) is 1.83. The number of nitrogens with zero attached hydrogens (tertiary/aromatic N) is 3. The van der Waals surface area contributed by atoms with Gasteiger partial charge in [-0.3, -0.25) is 0 Å². The molecule has 0 bridgehead atoms. The van der Waals surface area contributed by atoms with E-state index in [1.165, 1.54) is 0 Å². The lowest BCUT2D eigenvalue weighted by atomic mass is 10.1. The van der Waals surface area contributed by atoms with Crippen molar-refractivity contribution in [1.29, 1.82) is 0 Å². The first-order valence-corrected chi connectivity index (χ1v) is 5.60. The van der Waals surface area contributed by atoms with Gasteiger partial charge in [0.05, 0.1) is 13.2 Å². The average molecular weight is 222 g/mol. The second-order valence-electron chi connectivity index (χ2n) is 4.10. The predicted molar refractivity (Wildman–Crippen MR) is 62.4 cm³/mol. The van der Waals surface area contributed by atoms with Gasteiger partial charge in [0.25, 0.3) is 0 Å². The quantitative estimate of drug-likeness (QED) is 0.795. The van der Waals surface area contributed by atoms with E-state index in [0.29, 0.717) is 0 Å². The number of nitrogens with two attached hydrogens (primary N) is 1. The summed E-state index contributed by atoms with van der Waals surface area (Å²) in [7, 11) is 0. The minimum Gasteiger partial charge on any atom is -0.378 e. The molecule has 0 amide bonds. The molecule has 5 nitrogen and oxygen atoms in total. The number of morpholine rings is 1. The Balaban J connectivity index is 2.19. The van der Waals surface area contributed by atoms with Crippen molar-refractivity contribution in [3.8, 4) is 0 Å². The summed E-state index contributed by atoms with van der Waals surface area (Å²) in [4.78, 5) is 11.0. The van der Waals surface area contributed by atoms with Crippen molar-refractivity contribution in [1.82, 2.24) is 9.97 Å². The van der Waals surface area contributed by atoms with Crippen molar-refractivity contribution in [3.05, 3.63) is 17.5 Å². The summed E-state index contributed by atoms with van der Waals surface area (Å²) >= 11 is 0. The Labute approximate surface area is 95.6 Å². The van der Waals surface area contributed by atoms with Gasteiger partial charge in [0, 0.05) is 36.6 Å². The maximum atomic E-state index is 5.83. The normalized spacial score (nSPS) is 18.6. The van der Waals surface area contributed by atoms with Gasteiger partial charge in [-0.2, -0.15) is 0 Å². The molecule has 0 unspecified atom stereocenters. The van der Waals surface area contributed by atoms with Gasteiger partial charge < -0.3 is 15.4 Å². The van der Waals surface area contributed by atoms with Crippen LogP contribution in [0.4, 0.5) is 5.95 Å². The molecule has 1 aliphatic rings. The summed E-state index contributed by atoms with van der Waals surface area (Å²) < 4.78 is 5.30. The van der Waals surface area contributed by atoms with Crippen LogP contribution in [0.1, 0.15) is 24.2 Å². The Kier molecular flexibility index (Phi) is 3.36. The number of hydrogen-bond acceptors (Lipinski definition) is 5. The van der Waals surface area contributed by atoms with Crippen LogP contribution in [0.2, 0.25) is 0 Å². The minimum absolute atomic E-state index is 0.0151. The highest BCUT2D eigenvalue weighted by Crippen LogP contribution is 2.16. The van der Waals surface area contributed by atoms with E-state index < -0.39 is 0 Å². The molecule has 2 heterocycles. The molecular formula is C11H18N4O. The van der Waals surface area contributed by atoms with E-state index in [1.807, 2.05) is 20.0 Å². The van der Waals surface area contributed by atoms with E-state index in [9.17, 15) is 0 Å². The third kappa shape index (κ3) is 2.31. The Morgan fingerprint density at radius 3 is 2.69 bits per heavy atom. The van der Waals surface area contributed by atoms with Crippen LogP contribution in [-0.4, -0.2) is 36.3 Å². The Morgan fingerprint density at radius 2 is 2.12 bits per heavy atom. The lowest BCUT2D eigenvalue weighted by Crippen LogP contribution is -2.37. The molecule has 0 saturated carbocycles. The van der Waals surface area contributed by atoms with Gasteiger partial charge in [-0.1, -0.05) is 0 Å². The van der Waals surface area contributed by atoms with Gasteiger partial charge in [0.2, 0.25) is 5.95 Å². The lowest BCUT2D eigenvalue weighted by Gasteiger charge is -2.27. The number of hydrogen-bond donors (Lipinski definition) is 1. The standard InChI is InChI=1S/C11H18N4O/c1-8(12)10-7-13-11(14-9(10)2)15-3-5-16-6-4-15/h7-8H,3-6,12H2,1-2H3/t8-/m0/s1. The average Bonchev–Trinajstić information content (AvgIpc) is 2.29. The molecule has 0 aliphatic carbocycles. The van der Waals surface area contributed by atoms with Crippen molar-refractivity contribution in [2.45, 2.75) is 19.9 Å². The highest BCUT2D eigenvalue weighted by Gasteiger charge is 2.15. The van der Waals surface area contributed by atoms with E-state index in [4.69, 9.17) is 10.5 Å². The number of rotatable bonds is 2. The smallest absolute Gasteiger partial charge is 0.225 e. The molecule has 88 valence electrons. The molecule has 2 rings (SSSR count). The number of anilines is 1. The van der Waals surface area contributed by atoms with Gasteiger partial charge in [0.15, 0.2) is 0 Å². The highest BCUT2D eigenvalue weighted by molar-refractivity contribution is 5.34. The molecule has 2 N–H and O–H groups in total. The lowest BCUT2D eigenvalue weighted by molar-refractivity contribution is 0.122. The van der Waals surface area contributed by atoms with Crippen LogP contribution in [0.5, 0.6) is 0 Å². The van der Waals surface area contributed by atoms with Crippen LogP contribution in [0.15, 0.2) is 6.20 Å². The van der Waals surface area contributed by atoms with E-state index >= 15 is 0 Å². The zero-order valence-corrected chi connectivity index (χ0v) is 9.81. The summed E-state index contributed by atoms with van der Waals surface area (Å²) in [5.74, 6) is 0.783.